The molecule has 1 aromatic rings. The highest BCUT2D eigenvalue weighted by Gasteiger charge is 2.69. The van der Waals surface area contributed by atoms with Crippen molar-refractivity contribution >= 4 is 17.9 Å². The molecule has 37 heavy (non-hydrogen) atoms. The number of likely N-dealkylation sites (N-methyl/N-ethyl adjacent to an activating group) is 1. The van der Waals surface area contributed by atoms with E-state index in [9.17, 15) is 34.8 Å². The summed E-state index contributed by atoms with van der Waals surface area (Å²) in [4.78, 5) is 38.1. The number of fused-ring (bicyclic) bond motifs is 1. The van der Waals surface area contributed by atoms with Crippen LogP contribution in [0, 0.1) is 6.92 Å². The highest BCUT2D eigenvalue weighted by Crippen LogP contribution is 2.61. The number of aliphatic hydroxyl groups is 3. The van der Waals surface area contributed by atoms with Gasteiger partial charge in [0.15, 0.2) is 6.10 Å². The Hall–Kier alpha value is -2.99. The summed E-state index contributed by atoms with van der Waals surface area (Å²) < 4.78 is 16.7. The fourth-order valence-electron chi connectivity index (χ4n) is 5.94. The molecule has 1 fully saturated rings. The van der Waals surface area contributed by atoms with Crippen molar-refractivity contribution in [3.8, 4) is 5.75 Å². The standard InChI is InChI=1S/C26H33NO10/c1-13-5-6-16(12-28)21-20(13)25-9-10-27(4)15(3)26(25,34)8-7-17(22(25)37-21)35-19(30)11-18(23(31)32)36-24(33)14(2)29/h5-7,14-15,18,22,28-29,34H,8-12H2,1-4H3,(H,31,32)/t14-,15+,18-,22-,25-,26+/m0/s1. The molecule has 0 aromatic heterocycles. The molecule has 1 saturated heterocycles. The van der Waals surface area contributed by atoms with E-state index in [1.54, 1.807) is 12.1 Å². The Morgan fingerprint density at radius 2 is 2.00 bits per heavy atom. The molecule has 0 unspecified atom stereocenters. The van der Waals surface area contributed by atoms with Crippen LogP contribution in [0.15, 0.2) is 24.0 Å². The highest BCUT2D eigenvalue weighted by atomic mass is 16.6. The van der Waals surface area contributed by atoms with Crippen LogP contribution >= 0.6 is 0 Å². The number of piperidine rings is 1. The minimum atomic E-state index is -1.85. The lowest BCUT2D eigenvalue weighted by atomic mass is 9.54. The van der Waals surface area contributed by atoms with E-state index in [1.165, 1.54) is 0 Å². The Morgan fingerprint density at radius 1 is 1.30 bits per heavy atom. The molecular weight excluding hydrogens is 486 g/mol. The molecule has 11 heteroatoms. The molecule has 2 heterocycles. The molecule has 1 spiro atoms. The molecule has 11 nitrogen and oxygen atoms in total. The fourth-order valence-corrected chi connectivity index (χ4v) is 5.94. The first-order chi connectivity index (χ1) is 17.4. The van der Waals surface area contributed by atoms with Crippen LogP contribution in [-0.4, -0.2) is 86.8 Å². The molecule has 1 aromatic carbocycles. The predicted octanol–water partition coefficient (Wildman–Crippen LogP) is 0.539. The zero-order valence-electron chi connectivity index (χ0n) is 21.3. The molecule has 0 amide bonds. The lowest BCUT2D eigenvalue weighted by molar-refractivity contribution is -0.174. The maximum atomic E-state index is 12.8. The van der Waals surface area contributed by atoms with Crippen molar-refractivity contribution in [2.24, 2.45) is 0 Å². The van der Waals surface area contributed by atoms with E-state index in [2.05, 4.69) is 4.90 Å². The van der Waals surface area contributed by atoms with Crippen molar-refractivity contribution in [3.05, 3.63) is 40.7 Å². The molecular formula is C26H33NO10. The minimum absolute atomic E-state index is 0.122. The number of carboxylic acid groups (broad SMARTS) is 1. The van der Waals surface area contributed by atoms with Gasteiger partial charge in [0.1, 0.15) is 17.6 Å². The fraction of sp³-hybridized carbons (Fsp3) is 0.577. The zero-order chi connectivity index (χ0) is 27.3. The average Bonchev–Trinajstić information content (AvgIpc) is 3.20. The summed E-state index contributed by atoms with van der Waals surface area (Å²) in [6, 6.07) is 3.34. The second-order valence-electron chi connectivity index (χ2n) is 10.1. The van der Waals surface area contributed by atoms with Gasteiger partial charge in [-0.3, -0.25) is 4.79 Å². The summed E-state index contributed by atoms with van der Waals surface area (Å²) in [5, 5.41) is 40.9. The molecule has 4 N–H and O–H groups in total. The number of esters is 2. The Kier molecular flexibility index (Phi) is 7.10. The third-order valence-electron chi connectivity index (χ3n) is 8.06. The van der Waals surface area contributed by atoms with Gasteiger partial charge in [-0.15, -0.1) is 0 Å². The van der Waals surface area contributed by atoms with Crippen molar-refractivity contribution in [1.82, 2.24) is 4.90 Å². The third-order valence-corrected chi connectivity index (χ3v) is 8.06. The van der Waals surface area contributed by atoms with Crippen molar-refractivity contribution in [3.63, 3.8) is 0 Å². The number of carbonyl (C=O) groups is 3. The van der Waals surface area contributed by atoms with Gasteiger partial charge >= 0.3 is 17.9 Å². The van der Waals surface area contributed by atoms with Crippen LogP contribution < -0.4 is 4.74 Å². The Balaban J connectivity index is 1.70. The monoisotopic (exact) mass is 519 g/mol. The molecule has 2 aliphatic heterocycles. The van der Waals surface area contributed by atoms with Gasteiger partial charge in [-0.25, -0.2) is 9.59 Å². The van der Waals surface area contributed by atoms with Crippen LogP contribution in [0.5, 0.6) is 5.75 Å². The molecule has 3 aliphatic rings. The van der Waals surface area contributed by atoms with E-state index in [1.807, 2.05) is 27.0 Å². The lowest BCUT2D eigenvalue weighted by Gasteiger charge is -2.58. The number of rotatable bonds is 7. The second-order valence-corrected chi connectivity index (χ2v) is 10.1. The molecule has 0 radical (unpaired) electrons. The van der Waals surface area contributed by atoms with Crippen LogP contribution in [0.3, 0.4) is 0 Å². The van der Waals surface area contributed by atoms with Gasteiger partial charge in [0, 0.05) is 23.6 Å². The van der Waals surface area contributed by atoms with Crippen LogP contribution in [-0.2, 0) is 35.9 Å². The topological polar surface area (TPSA) is 163 Å². The van der Waals surface area contributed by atoms with Crippen molar-refractivity contribution in [2.45, 2.75) is 82.0 Å². The van der Waals surface area contributed by atoms with Crippen LogP contribution in [0.2, 0.25) is 0 Å². The number of aliphatic hydroxyl groups excluding tert-OH is 2. The number of ether oxygens (including phenoxy) is 3. The van der Waals surface area contributed by atoms with Gasteiger partial charge in [0.25, 0.3) is 0 Å². The smallest absolute Gasteiger partial charge is 0.345 e. The van der Waals surface area contributed by atoms with Crippen LogP contribution in [0.1, 0.15) is 49.8 Å². The average molecular weight is 520 g/mol. The van der Waals surface area contributed by atoms with E-state index in [4.69, 9.17) is 14.2 Å². The molecule has 0 bridgehead atoms. The van der Waals surface area contributed by atoms with E-state index in [-0.39, 0.29) is 24.8 Å². The van der Waals surface area contributed by atoms with E-state index in [0.29, 0.717) is 24.3 Å². The van der Waals surface area contributed by atoms with Crippen LogP contribution in [0.4, 0.5) is 0 Å². The summed E-state index contributed by atoms with van der Waals surface area (Å²) >= 11 is 0. The van der Waals surface area contributed by atoms with Gasteiger partial charge in [-0.05, 0) is 52.4 Å². The first-order valence-electron chi connectivity index (χ1n) is 12.2. The highest BCUT2D eigenvalue weighted by molar-refractivity contribution is 5.84. The maximum Gasteiger partial charge on any atom is 0.345 e. The number of nitrogens with zero attached hydrogens (tertiary/aromatic N) is 1. The molecule has 1 aliphatic carbocycles. The molecule has 202 valence electrons. The van der Waals surface area contributed by atoms with Gasteiger partial charge in [-0.1, -0.05) is 12.1 Å². The lowest BCUT2D eigenvalue weighted by Crippen LogP contribution is -2.71. The van der Waals surface area contributed by atoms with E-state index < -0.39 is 53.7 Å². The van der Waals surface area contributed by atoms with E-state index in [0.717, 1.165) is 18.1 Å². The number of likely N-dealkylation sites (tertiary alicyclic amines) is 1. The third kappa shape index (κ3) is 4.19. The SMILES string of the molecule is Cc1ccc(CO)c2c1[C@]13CCN(C)[C@H](C)[C@]1(O)CC=C(OC(=O)C[C@H](OC(=O)[C@H](C)O)C(=O)O)[C@@H]3O2. The van der Waals surface area contributed by atoms with Gasteiger partial charge in [-0.2, -0.15) is 0 Å². The Bertz CT molecular complexity index is 1150. The minimum Gasteiger partial charge on any atom is -0.481 e. The molecule has 6 atom stereocenters. The number of aryl methyl sites for hydroxylation is 1. The normalized spacial score (nSPS) is 30.1. The number of aliphatic carboxylic acids is 1. The number of carbonyl (C=O) groups excluding carboxylic acids is 2. The van der Waals surface area contributed by atoms with Crippen molar-refractivity contribution < 1.29 is 49.0 Å². The Labute approximate surface area is 214 Å². The summed E-state index contributed by atoms with van der Waals surface area (Å²) in [6.45, 7) is 5.30. The van der Waals surface area contributed by atoms with E-state index >= 15 is 0 Å². The second kappa shape index (κ2) is 9.71. The summed E-state index contributed by atoms with van der Waals surface area (Å²) in [5.41, 5.74) is -0.101. The van der Waals surface area contributed by atoms with Gasteiger partial charge in [0.05, 0.1) is 24.0 Å². The van der Waals surface area contributed by atoms with Crippen LogP contribution in [0.25, 0.3) is 0 Å². The number of hydrogen-bond acceptors (Lipinski definition) is 10. The largest absolute Gasteiger partial charge is 0.481 e. The predicted molar refractivity (Wildman–Crippen MR) is 127 cm³/mol. The summed E-state index contributed by atoms with van der Waals surface area (Å²) in [5.74, 6) is -3.15. The Morgan fingerprint density at radius 3 is 2.62 bits per heavy atom. The first-order valence-corrected chi connectivity index (χ1v) is 12.2. The van der Waals surface area contributed by atoms with Crippen molar-refractivity contribution in [2.75, 3.05) is 13.6 Å². The van der Waals surface area contributed by atoms with Gasteiger partial charge < -0.3 is 39.5 Å². The van der Waals surface area contributed by atoms with Crippen molar-refractivity contribution in [1.29, 1.82) is 0 Å². The number of hydrogen-bond donors (Lipinski definition) is 4. The molecule has 0 saturated carbocycles. The maximum absolute atomic E-state index is 12.8. The number of benzene rings is 1. The quantitative estimate of drug-likeness (QED) is 0.372. The zero-order valence-corrected chi connectivity index (χ0v) is 21.3. The summed E-state index contributed by atoms with van der Waals surface area (Å²) in [6.07, 6.45) is -2.90. The summed E-state index contributed by atoms with van der Waals surface area (Å²) in [7, 11) is 1.93. The first kappa shape index (κ1) is 27.1. The van der Waals surface area contributed by atoms with Gasteiger partial charge in [0.2, 0.25) is 6.10 Å². The molecule has 4 rings (SSSR count). The number of carboxylic acids is 1.